The van der Waals surface area contributed by atoms with Gasteiger partial charge in [0.2, 0.25) is 17.7 Å². The van der Waals surface area contributed by atoms with Crippen molar-refractivity contribution in [1.82, 2.24) is 15.5 Å². The fourth-order valence-corrected chi connectivity index (χ4v) is 3.78. The van der Waals surface area contributed by atoms with Gasteiger partial charge in [0.05, 0.1) is 6.07 Å². The van der Waals surface area contributed by atoms with Gasteiger partial charge < -0.3 is 26.0 Å². The summed E-state index contributed by atoms with van der Waals surface area (Å²) in [6, 6.07) is 15.5. The number of ether oxygens (including phenoxy) is 1. The first-order valence-corrected chi connectivity index (χ1v) is 12.4. The monoisotopic (exact) mass is 533 g/mol. The van der Waals surface area contributed by atoms with E-state index < -0.39 is 48.0 Å². The van der Waals surface area contributed by atoms with Crippen LogP contribution in [0.5, 0.6) is 0 Å². The van der Waals surface area contributed by atoms with E-state index in [1.165, 1.54) is 0 Å². The molecular formula is C29H35N5O5. The van der Waals surface area contributed by atoms with E-state index in [0.29, 0.717) is 11.1 Å². The fourth-order valence-electron chi connectivity index (χ4n) is 3.78. The van der Waals surface area contributed by atoms with Crippen LogP contribution >= 0.6 is 0 Å². The topological polar surface area (TPSA) is 155 Å². The van der Waals surface area contributed by atoms with Crippen LogP contribution in [0.3, 0.4) is 0 Å². The van der Waals surface area contributed by atoms with E-state index in [1.807, 2.05) is 36.4 Å². The van der Waals surface area contributed by atoms with Gasteiger partial charge in [0, 0.05) is 13.0 Å². The SMILES string of the molecule is C=Cc1cccc(C(C(=O)NCc2ccccc2)N(CC#N)C(=O)C(CCC(N)=O)NC(=O)OC(C)(C)C)c1. The van der Waals surface area contributed by atoms with Crippen molar-refractivity contribution >= 4 is 29.9 Å². The van der Waals surface area contributed by atoms with Crippen LogP contribution < -0.4 is 16.4 Å². The number of benzene rings is 2. The predicted molar refractivity (Wildman–Crippen MR) is 146 cm³/mol. The van der Waals surface area contributed by atoms with Gasteiger partial charge in [0.25, 0.3) is 0 Å². The number of amides is 4. The molecule has 0 heterocycles. The third-order valence-corrected chi connectivity index (χ3v) is 5.52. The van der Waals surface area contributed by atoms with Gasteiger partial charge in [-0.3, -0.25) is 14.4 Å². The number of rotatable bonds is 12. The molecule has 2 atom stereocenters. The van der Waals surface area contributed by atoms with Crippen molar-refractivity contribution in [2.45, 2.75) is 57.8 Å². The van der Waals surface area contributed by atoms with E-state index in [-0.39, 0.29) is 19.4 Å². The number of carbonyl (C=O) groups is 4. The number of hydrogen-bond donors (Lipinski definition) is 3. The zero-order valence-electron chi connectivity index (χ0n) is 22.5. The largest absolute Gasteiger partial charge is 0.444 e. The molecule has 4 amide bonds. The molecule has 2 rings (SSSR count). The molecule has 0 saturated heterocycles. The second-order valence-electron chi connectivity index (χ2n) is 9.81. The number of nitrogens with zero attached hydrogens (tertiary/aromatic N) is 2. The number of carbonyl (C=O) groups excluding carboxylic acids is 4. The Balaban J connectivity index is 2.48. The number of nitrogens with one attached hydrogen (secondary N) is 2. The molecule has 0 aromatic heterocycles. The summed E-state index contributed by atoms with van der Waals surface area (Å²) >= 11 is 0. The molecule has 0 aliphatic heterocycles. The summed E-state index contributed by atoms with van der Waals surface area (Å²) in [4.78, 5) is 52.6. The Labute approximate surface area is 228 Å². The minimum Gasteiger partial charge on any atom is -0.444 e. The molecule has 0 aliphatic carbocycles. The molecule has 2 aromatic rings. The lowest BCUT2D eigenvalue weighted by Gasteiger charge is -2.33. The lowest BCUT2D eigenvalue weighted by atomic mass is 9.99. The summed E-state index contributed by atoms with van der Waals surface area (Å²) in [7, 11) is 0. The van der Waals surface area contributed by atoms with Crippen molar-refractivity contribution in [1.29, 1.82) is 5.26 Å². The van der Waals surface area contributed by atoms with Crippen LogP contribution in [0.2, 0.25) is 0 Å². The van der Waals surface area contributed by atoms with Crippen molar-refractivity contribution in [3.63, 3.8) is 0 Å². The molecule has 0 fully saturated rings. The van der Waals surface area contributed by atoms with Gasteiger partial charge in [-0.25, -0.2) is 4.79 Å². The quantitative estimate of drug-likeness (QED) is 0.356. The van der Waals surface area contributed by atoms with Gasteiger partial charge in [0.1, 0.15) is 24.2 Å². The van der Waals surface area contributed by atoms with E-state index in [0.717, 1.165) is 10.5 Å². The van der Waals surface area contributed by atoms with Gasteiger partial charge >= 0.3 is 6.09 Å². The van der Waals surface area contributed by atoms with Gasteiger partial charge in [0.15, 0.2) is 0 Å². The lowest BCUT2D eigenvalue weighted by Crippen LogP contribution is -2.53. The molecule has 2 aromatic carbocycles. The Morgan fingerprint density at radius 2 is 1.82 bits per heavy atom. The average Bonchev–Trinajstić information content (AvgIpc) is 2.88. The summed E-state index contributed by atoms with van der Waals surface area (Å²) in [6.45, 7) is 8.46. The van der Waals surface area contributed by atoms with Crippen LogP contribution in [-0.4, -0.2) is 46.9 Å². The normalized spacial score (nSPS) is 12.3. The third kappa shape index (κ3) is 9.97. The smallest absolute Gasteiger partial charge is 0.408 e. The Morgan fingerprint density at radius 1 is 1.13 bits per heavy atom. The van der Waals surface area contributed by atoms with Gasteiger partial charge in [-0.15, -0.1) is 0 Å². The highest BCUT2D eigenvalue weighted by molar-refractivity contribution is 5.92. The van der Waals surface area contributed by atoms with E-state index in [9.17, 15) is 24.4 Å². The first-order chi connectivity index (χ1) is 18.4. The standard InChI is InChI=1S/C29H35N5O5/c1-5-20-12-9-13-22(18-20)25(26(36)32-19-21-10-7-6-8-11-21)34(17-16-30)27(37)23(14-15-24(31)35)33-28(38)39-29(2,3)4/h5-13,18,23,25H,1,14-15,17,19H2,2-4H3,(H2,31,35)(H,32,36)(H,33,38). The molecule has 0 spiro atoms. The van der Waals surface area contributed by atoms with Crippen molar-refractivity contribution in [3.05, 3.63) is 77.9 Å². The molecule has 0 saturated carbocycles. The summed E-state index contributed by atoms with van der Waals surface area (Å²) in [5, 5.41) is 14.9. The van der Waals surface area contributed by atoms with Crippen molar-refractivity contribution in [2.24, 2.45) is 5.73 Å². The lowest BCUT2D eigenvalue weighted by molar-refractivity contribution is -0.142. The molecule has 39 heavy (non-hydrogen) atoms. The molecule has 4 N–H and O–H groups in total. The molecule has 0 bridgehead atoms. The van der Waals surface area contributed by atoms with Gasteiger partial charge in [-0.2, -0.15) is 5.26 Å². The van der Waals surface area contributed by atoms with Crippen LogP contribution in [0.15, 0.2) is 61.2 Å². The maximum absolute atomic E-state index is 13.8. The Hall–Kier alpha value is -4.65. The number of primary amides is 1. The molecule has 10 nitrogen and oxygen atoms in total. The first-order valence-electron chi connectivity index (χ1n) is 12.4. The van der Waals surface area contributed by atoms with Crippen molar-refractivity contribution < 1.29 is 23.9 Å². The van der Waals surface area contributed by atoms with Crippen molar-refractivity contribution in [2.75, 3.05) is 6.54 Å². The van der Waals surface area contributed by atoms with Crippen LogP contribution in [0.25, 0.3) is 6.08 Å². The first kappa shape index (κ1) is 30.6. The Morgan fingerprint density at radius 3 is 2.41 bits per heavy atom. The summed E-state index contributed by atoms with van der Waals surface area (Å²) in [5.41, 5.74) is 6.43. The second kappa shape index (κ2) is 14.3. The number of nitriles is 1. The maximum Gasteiger partial charge on any atom is 0.408 e. The number of alkyl carbamates (subject to hydrolysis) is 1. The van der Waals surface area contributed by atoms with Crippen LogP contribution in [0, 0.1) is 11.3 Å². The summed E-state index contributed by atoms with van der Waals surface area (Å²) in [6.07, 6.45) is 0.337. The van der Waals surface area contributed by atoms with E-state index in [1.54, 1.807) is 51.1 Å². The summed E-state index contributed by atoms with van der Waals surface area (Å²) < 4.78 is 5.28. The molecule has 2 unspecified atom stereocenters. The zero-order valence-corrected chi connectivity index (χ0v) is 22.5. The molecule has 0 radical (unpaired) electrons. The Kier molecular flexibility index (Phi) is 11.2. The van der Waals surface area contributed by atoms with Gasteiger partial charge in [-0.05, 0) is 49.9 Å². The van der Waals surface area contributed by atoms with Crippen LogP contribution in [0.4, 0.5) is 4.79 Å². The van der Waals surface area contributed by atoms with Crippen LogP contribution in [0.1, 0.15) is 56.3 Å². The highest BCUT2D eigenvalue weighted by Gasteiger charge is 2.36. The minimum absolute atomic E-state index is 0.152. The van der Waals surface area contributed by atoms with Gasteiger partial charge in [-0.1, -0.05) is 61.2 Å². The van der Waals surface area contributed by atoms with Crippen LogP contribution in [-0.2, 0) is 25.7 Å². The Bertz CT molecular complexity index is 1220. The van der Waals surface area contributed by atoms with E-state index >= 15 is 0 Å². The van der Waals surface area contributed by atoms with E-state index in [2.05, 4.69) is 17.2 Å². The average molecular weight is 534 g/mol. The number of nitrogens with two attached hydrogens (primary N) is 1. The number of hydrogen-bond acceptors (Lipinski definition) is 6. The minimum atomic E-state index is -1.28. The molecular weight excluding hydrogens is 498 g/mol. The second-order valence-corrected chi connectivity index (χ2v) is 9.81. The third-order valence-electron chi connectivity index (χ3n) is 5.52. The molecule has 206 valence electrons. The van der Waals surface area contributed by atoms with E-state index in [4.69, 9.17) is 10.5 Å². The maximum atomic E-state index is 13.8. The highest BCUT2D eigenvalue weighted by Crippen LogP contribution is 2.25. The molecule has 0 aliphatic rings. The molecule has 10 heteroatoms. The predicted octanol–water partition coefficient (Wildman–Crippen LogP) is 3.20. The fraction of sp³-hybridized carbons (Fsp3) is 0.345. The zero-order chi connectivity index (χ0) is 29.0. The van der Waals surface area contributed by atoms with Crippen molar-refractivity contribution in [3.8, 4) is 6.07 Å². The highest BCUT2D eigenvalue weighted by atomic mass is 16.6. The summed E-state index contributed by atoms with van der Waals surface area (Å²) in [5.74, 6) is -1.96.